The van der Waals surface area contributed by atoms with Crippen LogP contribution in [0.25, 0.3) is 0 Å². The smallest absolute Gasteiger partial charge is 0.326 e. The molecule has 23 heavy (non-hydrogen) atoms. The average Bonchev–Trinajstić information content (AvgIpc) is 2.59. The van der Waals surface area contributed by atoms with Crippen molar-refractivity contribution >= 4 is 12.4 Å². The van der Waals surface area contributed by atoms with E-state index in [0.717, 1.165) is 5.56 Å². The summed E-state index contributed by atoms with van der Waals surface area (Å²) in [5, 5.41) is 9.61. The number of nitrogens with zero attached hydrogens (tertiary/aromatic N) is 2. The van der Waals surface area contributed by atoms with Crippen LogP contribution in [0.1, 0.15) is 12.0 Å². The molecule has 1 N–H and O–H groups in total. The van der Waals surface area contributed by atoms with Gasteiger partial charge < -0.3 is 14.7 Å². The largest absolute Gasteiger partial charge is 0.480 e. The SMILES string of the molecule is [CH2]CC(N1CCOCC1)N(C=O)[C@H](Cc1ccccc1)C(=O)O. The zero-order valence-electron chi connectivity index (χ0n) is 13.1. The molecule has 1 aromatic rings. The van der Waals surface area contributed by atoms with Crippen LogP contribution < -0.4 is 0 Å². The number of carbonyl (C=O) groups excluding carboxylic acids is 1. The Morgan fingerprint density at radius 2 is 2.00 bits per heavy atom. The van der Waals surface area contributed by atoms with E-state index in [4.69, 9.17) is 4.74 Å². The summed E-state index contributed by atoms with van der Waals surface area (Å²) in [6, 6.07) is 8.42. The average molecular weight is 319 g/mol. The van der Waals surface area contributed by atoms with Gasteiger partial charge in [-0.1, -0.05) is 30.3 Å². The van der Waals surface area contributed by atoms with Crippen LogP contribution in [0.3, 0.4) is 0 Å². The standard InChI is InChI=1S/C17H23N2O4/c1-2-16(18-8-10-23-11-9-18)19(13-20)15(17(21)22)12-14-6-4-3-5-7-14/h3-7,13,15-16H,1-2,8-12H2,(H,21,22)/t15-,16?/m1/s1. The maximum absolute atomic E-state index is 11.7. The molecular weight excluding hydrogens is 296 g/mol. The molecule has 0 bridgehead atoms. The van der Waals surface area contributed by atoms with Gasteiger partial charge in [-0.2, -0.15) is 0 Å². The molecule has 1 aromatic carbocycles. The summed E-state index contributed by atoms with van der Waals surface area (Å²) in [6.45, 7) is 6.41. The highest BCUT2D eigenvalue weighted by atomic mass is 16.5. The second kappa shape index (κ2) is 8.64. The Morgan fingerprint density at radius 3 is 2.52 bits per heavy atom. The number of amides is 1. The summed E-state index contributed by atoms with van der Waals surface area (Å²) in [7, 11) is 0. The van der Waals surface area contributed by atoms with Gasteiger partial charge in [-0.05, 0) is 18.9 Å². The van der Waals surface area contributed by atoms with Gasteiger partial charge in [-0.15, -0.1) is 0 Å². The van der Waals surface area contributed by atoms with E-state index in [1.165, 1.54) is 4.90 Å². The Bertz CT molecular complexity index is 503. The van der Waals surface area contributed by atoms with E-state index >= 15 is 0 Å². The van der Waals surface area contributed by atoms with Crippen molar-refractivity contribution in [2.24, 2.45) is 0 Å². The first kappa shape index (κ1) is 17.4. The van der Waals surface area contributed by atoms with Gasteiger partial charge in [0, 0.05) is 19.5 Å². The van der Waals surface area contributed by atoms with E-state index < -0.39 is 12.0 Å². The molecule has 1 unspecified atom stereocenters. The molecule has 1 fully saturated rings. The van der Waals surface area contributed by atoms with Crippen LogP contribution in [0.4, 0.5) is 0 Å². The van der Waals surface area contributed by atoms with Crippen molar-refractivity contribution in [3.8, 4) is 0 Å². The lowest BCUT2D eigenvalue weighted by Gasteiger charge is -2.41. The Morgan fingerprint density at radius 1 is 1.35 bits per heavy atom. The number of rotatable bonds is 8. The summed E-state index contributed by atoms with van der Waals surface area (Å²) in [6.07, 6.45) is 1.00. The minimum Gasteiger partial charge on any atom is -0.480 e. The second-order valence-electron chi connectivity index (χ2n) is 5.51. The fourth-order valence-electron chi connectivity index (χ4n) is 2.90. The van der Waals surface area contributed by atoms with Gasteiger partial charge in [0.2, 0.25) is 6.41 Å². The first-order valence-electron chi connectivity index (χ1n) is 7.78. The molecular formula is C17H23N2O4. The van der Waals surface area contributed by atoms with Gasteiger partial charge in [-0.3, -0.25) is 9.69 Å². The first-order chi connectivity index (χ1) is 11.2. The number of benzene rings is 1. The van der Waals surface area contributed by atoms with Gasteiger partial charge in [0.05, 0.1) is 19.4 Å². The molecule has 0 spiro atoms. The number of aliphatic carboxylic acids is 1. The Balaban J connectivity index is 2.18. The van der Waals surface area contributed by atoms with Crippen molar-refractivity contribution in [3.05, 3.63) is 42.8 Å². The highest BCUT2D eigenvalue weighted by molar-refractivity contribution is 5.76. The highest BCUT2D eigenvalue weighted by Gasteiger charge is 2.33. The maximum atomic E-state index is 11.7. The lowest BCUT2D eigenvalue weighted by molar-refractivity contribution is -0.152. The van der Waals surface area contributed by atoms with Crippen LogP contribution in [0.5, 0.6) is 0 Å². The number of hydrogen-bond acceptors (Lipinski definition) is 4. The van der Waals surface area contributed by atoms with Crippen molar-refractivity contribution < 1.29 is 19.4 Å². The van der Waals surface area contributed by atoms with Crippen LogP contribution >= 0.6 is 0 Å². The van der Waals surface area contributed by atoms with E-state index in [-0.39, 0.29) is 12.6 Å². The monoisotopic (exact) mass is 319 g/mol. The lowest BCUT2D eigenvalue weighted by Crippen LogP contribution is -2.57. The predicted molar refractivity (Wildman–Crippen MR) is 85.6 cm³/mol. The van der Waals surface area contributed by atoms with E-state index in [0.29, 0.717) is 39.1 Å². The molecule has 1 amide bonds. The van der Waals surface area contributed by atoms with Crippen molar-refractivity contribution in [3.63, 3.8) is 0 Å². The van der Waals surface area contributed by atoms with Crippen LogP contribution in [-0.4, -0.2) is 65.8 Å². The Kier molecular flexibility index (Phi) is 6.55. The van der Waals surface area contributed by atoms with E-state index in [9.17, 15) is 14.7 Å². The summed E-state index contributed by atoms with van der Waals surface area (Å²) in [5.41, 5.74) is 0.886. The zero-order chi connectivity index (χ0) is 16.7. The molecule has 2 atom stereocenters. The summed E-state index contributed by atoms with van der Waals surface area (Å²) >= 11 is 0. The van der Waals surface area contributed by atoms with Crippen LogP contribution in [0, 0.1) is 6.92 Å². The minimum absolute atomic E-state index is 0.274. The lowest BCUT2D eigenvalue weighted by atomic mass is 10.0. The van der Waals surface area contributed by atoms with Crippen molar-refractivity contribution in [2.45, 2.75) is 25.0 Å². The summed E-state index contributed by atoms with van der Waals surface area (Å²) < 4.78 is 5.33. The predicted octanol–water partition coefficient (Wildman–Crippen LogP) is 1.02. The minimum atomic E-state index is -1.01. The number of carbonyl (C=O) groups is 2. The number of ether oxygens (including phenoxy) is 1. The molecule has 2 rings (SSSR count). The molecule has 0 aromatic heterocycles. The summed E-state index contributed by atoms with van der Waals surface area (Å²) in [4.78, 5) is 26.8. The zero-order valence-corrected chi connectivity index (χ0v) is 13.1. The highest BCUT2D eigenvalue weighted by Crippen LogP contribution is 2.17. The summed E-state index contributed by atoms with van der Waals surface area (Å²) in [5.74, 6) is -1.01. The molecule has 1 radical (unpaired) electrons. The number of carboxylic acids is 1. The maximum Gasteiger partial charge on any atom is 0.326 e. The third-order valence-corrected chi connectivity index (χ3v) is 4.11. The van der Waals surface area contributed by atoms with Gasteiger partial charge >= 0.3 is 5.97 Å². The van der Waals surface area contributed by atoms with Crippen LogP contribution in [-0.2, 0) is 20.7 Å². The van der Waals surface area contributed by atoms with Gasteiger partial charge in [0.15, 0.2) is 0 Å². The Hall–Kier alpha value is -1.92. The fraction of sp³-hybridized carbons (Fsp3) is 0.471. The van der Waals surface area contributed by atoms with Crippen molar-refractivity contribution in [1.82, 2.24) is 9.80 Å². The fourth-order valence-corrected chi connectivity index (χ4v) is 2.90. The van der Waals surface area contributed by atoms with E-state index in [1.54, 1.807) is 0 Å². The van der Waals surface area contributed by atoms with Gasteiger partial charge in [0.1, 0.15) is 6.04 Å². The van der Waals surface area contributed by atoms with Crippen LogP contribution in [0.15, 0.2) is 30.3 Å². The van der Waals surface area contributed by atoms with Crippen LogP contribution in [0.2, 0.25) is 0 Å². The first-order valence-corrected chi connectivity index (χ1v) is 7.78. The quantitative estimate of drug-likeness (QED) is 0.725. The molecule has 1 heterocycles. The molecule has 0 aliphatic carbocycles. The molecule has 0 saturated carbocycles. The number of hydrogen-bond donors (Lipinski definition) is 1. The van der Waals surface area contributed by atoms with Crippen molar-refractivity contribution in [2.75, 3.05) is 26.3 Å². The third kappa shape index (κ3) is 4.53. The number of morpholine rings is 1. The number of carboxylic acid groups (broad SMARTS) is 1. The third-order valence-electron chi connectivity index (χ3n) is 4.11. The molecule has 6 nitrogen and oxygen atoms in total. The molecule has 1 aliphatic heterocycles. The molecule has 125 valence electrons. The van der Waals surface area contributed by atoms with Gasteiger partial charge in [0.25, 0.3) is 0 Å². The van der Waals surface area contributed by atoms with E-state index in [2.05, 4.69) is 11.8 Å². The van der Waals surface area contributed by atoms with Gasteiger partial charge in [-0.25, -0.2) is 4.79 Å². The molecule has 1 saturated heterocycles. The Labute approximate surface area is 136 Å². The normalized spacial score (nSPS) is 18.1. The van der Waals surface area contributed by atoms with Crippen molar-refractivity contribution in [1.29, 1.82) is 0 Å². The molecule has 1 aliphatic rings. The topological polar surface area (TPSA) is 70.1 Å². The second-order valence-corrected chi connectivity index (χ2v) is 5.51. The molecule has 6 heteroatoms. The van der Waals surface area contributed by atoms with E-state index in [1.807, 2.05) is 30.3 Å².